The summed E-state index contributed by atoms with van der Waals surface area (Å²) in [4.78, 5) is 13.1. The molecule has 0 bridgehead atoms. The highest BCUT2D eigenvalue weighted by Gasteiger charge is 2.17. The number of aliphatic imine (C=N–C) groups is 1. The topological polar surface area (TPSA) is 62.7 Å². The van der Waals surface area contributed by atoms with E-state index in [9.17, 15) is 0 Å². The van der Waals surface area contributed by atoms with Crippen LogP contribution in [0.15, 0.2) is 11.2 Å². The van der Waals surface area contributed by atoms with Crippen molar-refractivity contribution in [2.24, 2.45) is 23.7 Å². The summed E-state index contributed by atoms with van der Waals surface area (Å²) in [6.07, 6.45) is 4.36. The van der Waals surface area contributed by atoms with Gasteiger partial charge in [0.2, 0.25) is 5.95 Å². The highest BCUT2D eigenvalue weighted by molar-refractivity contribution is 14.0. The van der Waals surface area contributed by atoms with Crippen LogP contribution in [0.25, 0.3) is 0 Å². The van der Waals surface area contributed by atoms with Crippen molar-refractivity contribution >= 4 is 35.9 Å². The second-order valence-electron chi connectivity index (χ2n) is 5.87. The molecule has 120 valence electrons. The fourth-order valence-electron chi connectivity index (χ4n) is 2.66. The Morgan fingerprint density at radius 1 is 1.52 bits per heavy atom. The fraction of sp³-hybridized carbons (Fsp3) is 0.714. The van der Waals surface area contributed by atoms with Gasteiger partial charge in [-0.1, -0.05) is 6.92 Å². The number of piperidine rings is 1. The number of anilines is 1. The summed E-state index contributed by atoms with van der Waals surface area (Å²) in [7, 11) is 5.98. The summed E-state index contributed by atoms with van der Waals surface area (Å²) >= 11 is 0. The quantitative estimate of drug-likeness (QED) is 0.471. The Hall–Kier alpha value is -0.990. The van der Waals surface area contributed by atoms with Gasteiger partial charge >= 0.3 is 0 Å². The number of nitrogens with zero attached hydrogens (tertiary/aromatic N) is 5. The zero-order valence-electron chi connectivity index (χ0n) is 13.4. The molecule has 0 spiro atoms. The van der Waals surface area contributed by atoms with Gasteiger partial charge in [0, 0.05) is 34.2 Å². The molecule has 1 aromatic rings. The molecule has 6 nitrogen and oxygen atoms in total. The summed E-state index contributed by atoms with van der Waals surface area (Å²) in [6, 6.07) is 0. The first kappa shape index (κ1) is 18.1. The van der Waals surface area contributed by atoms with Crippen molar-refractivity contribution < 1.29 is 0 Å². The summed E-state index contributed by atoms with van der Waals surface area (Å²) in [6.45, 7) is 4.88. The Morgan fingerprint density at radius 3 is 2.81 bits per heavy atom. The first-order valence-corrected chi connectivity index (χ1v) is 7.21. The largest absolute Gasteiger partial charge is 0.370 e. The van der Waals surface area contributed by atoms with Crippen LogP contribution in [0.4, 0.5) is 5.95 Å². The molecule has 21 heavy (non-hydrogen) atoms. The molecular weight excluding hydrogens is 379 g/mol. The molecule has 0 amide bonds. The van der Waals surface area contributed by atoms with Crippen LogP contribution in [0.1, 0.15) is 25.5 Å². The van der Waals surface area contributed by atoms with E-state index in [0.29, 0.717) is 18.4 Å². The van der Waals surface area contributed by atoms with Gasteiger partial charge in [0.1, 0.15) is 0 Å². The van der Waals surface area contributed by atoms with Gasteiger partial charge in [-0.3, -0.25) is 0 Å². The van der Waals surface area contributed by atoms with E-state index in [1.165, 1.54) is 12.8 Å². The highest BCUT2D eigenvalue weighted by Crippen LogP contribution is 2.16. The van der Waals surface area contributed by atoms with E-state index in [1.807, 2.05) is 32.2 Å². The molecule has 0 aromatic carbocycles. The monoisotopic (exact) mass is 406 g/mol. The van der Waals surface area contributed by atoms with Crippen molar-refractivity contribution in [3.05, 3.63) is 11.9 Å². The Labute approximate surface area is 144 Å². The predicted octanol–water partition coefficient (Wildman–Crippen LogP) is 1.65. The molecule has 0 aliphatic carbocycles. The molecule has 1 atom stereocenters. The zero-order chi connectivity index (χ0) is 14.7. The van der Waals surface area contributed by atoms with Crippen LogP contribution < -0.4 is 10.6 Å². The van der Waals surface area contributed by atoms with Crippen molar-refractivity contribution in [2.75, 3.05) is 32.1 Å². The molecule has 2 heterocycles. The van der Waals surface area contributed by atoms with E-state index in [1.54, 1.807) is 0 Å². The summed E-state index contributed by atoms with van der Waals surface area (Å²) in [5.41, 5.74) is 7.18. The Balaban J connectivity index is 0.00000220. The van der Waals surface area contributed by atoms with E-state index >= 15 is 0 Å². The van der Waals surface area contributed by atoms with Gasteiger partial charge in [-0.25, -0.2) is 9.98 Å². The maximum absolute atomic E-state index is 6.11. The molecule has 0 radical (unpaired) electrons. The van der Waals surface area contributed by atoms with Crippen LogP contribution in [-0.4, -0.2) is 47.6 Å². The smallest absolute Gasteiger partial charge is 0.204 e. The number of aromatic nitrogens is 2. The van der Waals surface area contributed by atoms with Gasteiger partial charge in [0.25, 0.3) is 0 Å². The average molecular weight is 406 g/mol. The third kappa shape index (κ3) is 4.49. The SMILES string of the molecule is CC1CCCN(C(N)=NCc2cnc(N(C)C)n2C)C1.I. The lowest BCUT2D eigenvalue weighted by atomic mass is 10.0. The molecule has 1 aromatic heterocycles. The van der Waals surface area contributed by atoms with Crippen LogP contribution in [0, 0.1) is 5.92 Å². The van der Waals surface area contributed by atoms with Gasteiger partial charge in [0.15, 0.2) is 5.96 Å². The van der Waals surface area contributed by atoms with Gasteiger partial charge in [-0.2, -0.15) is 0 Å². The summed E-state index contributed by atoms with van der Waals surface area (Å²) in [5.74, 6) is 2.29. The van der Waals surface area contributed by atoms with Crippen LogP contribution in [0.2, 0.25) is 0 Å². The molecule has 1 aliphatic heterocycles. The third-order valence-electron chi connectivity index (χ3n) is 3.84. The van der Waals surface area contributed by atoms with E-state index in [2.05, 4.69) is 26.4 Å². The maximum atomic E-state index is 6.11. The zero-order valence-corrected chi connectivity index (χ0v) is 15.7. The summed E-state index contributed by atoms with van der Waals surface area (Å²) in [5, 5.41) is 0. The van der Waals surface area contributed by atoms with Crippen molar-refractivity contribution in [3.63, 3.8) is 0 Å². The minimum Gasteiger partial charge on any atom is -0.370 e. The van der Waals surface area contributed by atoms with Crippen molar-refractivity contribution in [1.82, 2.24) is 14.5 Å². The van der Waals surface area contributed by atoms with E-state index in [0.717, 1.165) is 24.7 Å². The minimum absolute atomic E-state index is 0. The normalized spacial score (nSPS) is 19.3. The first-order valence-electron chi connectivity index (χ1n) is 7.21. The van der Waals surface area contributed by atoms with Gasteiger partial charge in [0.05, 0.1) is 18.4 Å². The van der Waals surface area contributed by atoms with E-state index in [4.69, 9.17) is 5.73 Å². The van der Waals surface area contributed by atoms with Crippen molar-refractivity contribution in [2.45, 2.75) is 26.3 Å². The highest BCUT2D eigenvalue weighted by atomic mass is 127. The lowest BCUT2D eigenvalue weighted by Gasteiger charge is -2.31. The van der Waals surface area contributed by atoms with E-state index < -0.39 is 0 Å². The van der Waals surface area contributed by atoms with Crippen LogP contribution in [-0.2, 0) is 13.6 Å². The number of hydrogen-bond donors (Lipinski definition) is 1. The first-order chi connectivity index (χ1) is 9.49. The molecule has 1 saturated heterocycles. The molecule has 2 N–H and O–H groups in total. The Bertz CT molecular complexity index is 482. The van der Waals surface area contributed by atoms with Crippen molar-refractivity contribution in [3.8, 4) is 0 Å². The molecule has 0 saturated carbocycles. The van der Waals surface area contributed by atoms with Gasteiger partial charge in [-0.05, 0) is 18.8 Å². The Morgan fingerprint density at radius 2 is 2.24 bits per heavy atom. The minimum atomic E-state index is 0. The fourth-order valence-corrected chi connectivity index (χ4v) is 2.66. The molecule has 1 aliphatic rings. The van der Waals surface area contributed by atoms with E-state index in [-0.39, 0.29) is 24.0 Å². The molecule has 1 fully saturated rings. The molecule has 7 heteroatoms. The van der Waals surface area contributed by atoms with Gasteiger partial charge < -0.3 is 20.1 Å². The standard InChI is InChI=1S/C14H26N6.HI/c1-11-6-5-7-20(10-11)13(15)16-8-12-9-17-14(18(2)3)19(12)4;/h9,11H,5-8,10H2,1-4H3,(H2,15,16);1H. The average Bonchev–Trinajstić information content (AvgIpc) is 2.77. The second kappa shape index (κ2) is 7.86. The molecule has 1 unspecified atom stereocenters. The lowest BCUT2D eigenvalue weighted by molar-refractivity contribution is 0.270. The number of halogens is 1. The number of hydrogen-bond acceptors (Lipinski definition) is 3. The number of imidazole rings is 1. The molecule has 2 rings (SSSR count). The number of guanidine groups is 1. The van der Waals surface area contributed by atoms with Crippen LogP contribution >= 0.6 is 24.0 Å². The second-order valence-corrected chi connectivity index (χ2v) is 5.87. The number of likely N-dealkylation sites (tertiary alicyclic amines) is 1. The van der Waals surface area contributed by atoms with Crippen molar-refractivity contribution in [1.29, 1.82) is 0 Å². The van der Waals surface area contributed by atoms with Gasteiger partial charge in [-0.15, -0.1) is 24.0 Å². The number of rotatable bonds is 3. The summed E-state index contributed by atoms with van der Waals surface area (Å²) < 4.78 is 2.05. The van der Waals surface area contributed by atoms with Crippen LogP contribution in [0.5, 0.6) is 0 Å². The Kier molecular flexibility index (Phi) is 6.76. The van der Waals surface area contributed by atoms with Crippen LogP contribution in [0.3, 0.4) is 0 Å². The number of nitrogens with two attached hydrogens (primary N) is 1. The maximum Gasteiger partial charge on any atom is 0.204 e. The lowest BCUT2D eigenvalue weighted by Crippen LogP contribution is -2.43. The predicted molar refractivity (Wildman–Crippen MR) is 98.2 cm³/mol. The third-order valence-corrected chi connectivity index (χ3v) is 3.84. The molecular formula is C14H27IN6.